The fraction of sp³-hybridized carbons (Fsp3) is 0.529. The lowest BCUT2D eigenvalue weighted by atomic mass is 10.2. The van der Waals surface area contributed by atoms with E-state index < -0.39 is 6.04 Å². The van der Waals surface area contributed by atoms with E-state index in [2.05, 4.69) is 20.8 Å². The Kier molecular flexibility index (Phi) is 6.07. The topological polar surface area (TPSA) is 93.8 Å². The Morgan fingerprint density at radius 1 is 1.27 bits per heavy atom. The molecule has 2 amide bonds. The summed E-state index contributed by atoms with van der Waals surface area (Å²) in [6.07, 6.45) is 1.46. The molecule has 0 bridgehead atoms. The van der Waals surface area contributed by atoms with Crippen LogP contribution in [0.2, 0.25) is 5.02 Å². The van der Waals surface area contributed by atoms with Crippen molar-refractivity contribution in [3.05, 3.63) is 28.3 Å². The molecule has 2 aromatic rings. The van der Waals surface area contributed by atoms with Crippen LogP contribution in [0.5, 0.6) is 0 Å². The van der Waals surface area contributed by atoms with Gasteiger partial charge in [-0.15, -0.1) is 0 Å². The third-order valence-corrected chi connectivity index (χ3v) is 4.61. The summed E-state index contributed by atoms with van der Waals surface area (Å²) in [5.74, 6) is -0.269. The van der Waals surface area contributed by atoms with E-state index >= 15 is 0 Å². The van der Waals surface area contributed by atoms with Crippen LogP contribution in [-0.2, 0) is 11.8 Å². The maximum absolute atomic E-state index is 12.7. The van der Waals surface area contributed by atoms with E-state index in [1.807, 2.05) is 13.8 Å². The van der Waals surface area contributed by atoms with E-state index in [1.54, 1.807) is 32.5 Å². The Labute approximate surface area is 157 Å². The SMILES string of the molecule is Cc1nn(C(C)C(=O)Nc2cnn(C)c2C(=O)NCC(C)C)c(C)c1Cl. The summed E-state index contributed by atoms with van der Waals surface area (Å²) >= 11 is 6.16. The zero-order valence-electron chi connectivity index (χ0n) is 15.9. The van der Waals surface area contributed by atoms with Crippen molar-refractivity contribution in [1.82, 2.24) is 24.9 Å². The molecule has 0 aromatic carbocycles. The van der Waals surface area contributed by atoms with Crippen molar-refractivity contribution in [3.8, 4) is 0 Å². The number of hydrogen-bond donors (Lipinski definition) is 2. The molecule has 8 nitrogen and oxygen atoms in total. The first-order valence-electron chi connectivity index (χ1n) is 8.45. The van der Waals surface area contributed by atoms with E-state index in [-0.39, 0.29) is 11.8 Å². The molecule has 9 heteroatoms. The van der Waals surface area contributed by atoms with Crippen LogP contribution in [0.15, 0.2) is 6.20 Å². The van der Waals surface area contributed by atoms with Gasteiger partial charge in [0.05, 0.1) is 28.3 Å². The van der Waals surface area contributed by atoms with Gasteiger partial charge in [-0.05, 0) is 26.7 Å². The van der Waals surface area contributed by atoms with Crippen LogP contribution in [0.4, 0.5) is 5.69 Å². The molecule has 0 saturated carbocycles. The summed E-state index contributed by atoms with van der Waals surface area (Å²) in [5, 5.41) is 14.5. The Hall–Kier alpha value is -2.35. The molecule has 0 saturated heterocycles. The molecule has 0 aliphatic rings. The highest BCUT2D eigenvalue weighted by Crippen LogP contribution is 2.23. The molecule has 2 heterocycles. The fourth-order valence-corrected chi connectivity index (χ4v) is 2.67. The van der Waals surface area contributed by atoms with Crippen LogP contribution in [0.3, 0.4) is 0 Å². The number of hydrogen-bond acceptors (Lipinski definition) is 4. The molecule has 2 rings (SSSR count). The number of amides is 2. The predicted molar refractivity (Wildman–Crippen MR) is 100 cm³/mol. The maximum Gasteiger partial charge on any atom is 0.271 e. The van der Waals surface area contributed by atoms with E-state index in [0.29, 0.717) is 40.3 Å². The van der Waals surface area contributed by atoms with Crippen LogP contribution in [-0.4, -0.2) is 37.9 Å². The minimum absolute atomic E-state index is 0.282. The molecule has 2 aromatic heterocycles. The highest BCUT2D eigenvalue weighted by molar-refractivity contribution is 6.31. The van der Waals surface area contributed by atoms with Crippen LogP contribution < -0.4 is 10.6 Å². The quantitative estimate of drug-likeness (QED) is 0.804. The van der Waals surface area contributed by atoms with Gasteiger partial charge in [0.25, 0.3) is 5.91 Å². The highest BCUT2D eigenvalue weighted by Gasteiger charge is 2.24. The monoisotopic (exact) mass is 380 g/mol. The van der Waals surface area contributed by atoms with Crippen molar-refractivity contribution in [2.75, 3.05) is 11.9 Å². The van der Waals surface area contributed by atoms with Crippen molar-refractivity contribution < 1.29 is 9.59 Å². The number of anilines is 1. The molecule has 0 radical (unpaired) electrons. The Balaban J connectivity index is 2.19. The summed E-state index contributed by atoms with van der Waals surface area (Å²) in [5.41, 5.74) is 2.04. The Morgan fingerprint density at radius 3 is 2.46 bits per heavy atom. The summed E-state index contributed by atoms with van der Waals surface area (Å²) < 4.78 is 3.01. The normalized spacial score (nSPS) is 12.3. The number of nitrogens with one attached hydrogen (secondary N) is 2. The Bertz CT molecular complexity index is 824. The van der Waals surface area contributed by atoms with Crippen molar-refractivity contribution in [3.63, 3.8) is 0 Å². The number of aromatic nitrogens is 4. The van der Waals surface area contributed by atoms with Gasteiger partial charge in [-0.3, -0.25) is 19.0 Å². The number of aryl methyl sites for hydroxylation is 2. The minimum atomic E-state index is -0.590. The van der Waals surface area contributed by atoms with Crippen LogP contribution in [0.1, 0.15) is 48.7 Å². The van der Waals surface area contributed by atoms with E-state index in [1.165, 1.54) is 10.9 Å². The van der Waals surface area contributed by atoms with E-state index in [0.717, 1.165) is 0 Å². The van der Waals surface area contributed by atoms with Gasteiger partial charge < -0.3 is 10.6 Å². The minimum Gasteiger partial charge on any atom is -0.350 e. The third kappa shape index (κ3) is 4.07. The molecule has 0 aliphatic heterocycles. The molecule has 2 N–H and O–H groups in total. The van der Waals surface area contributed by atoms with Crippen LogP contribution in [0.25, 0.3) is 0 Å². The number of rotatable bonds is 6. The van der Waals surface area contributed by atoms with Crippen molar-refractivity contribution in [2.24, 2.45) is 13.0 Å². The third-order valence-electron chi connectivity index (χ3n) is 4.07. The van der Waals surface area contributed by atoms with E-state index in [4.69, 9.17) is 11.6 Å². The summed E-state index contributed by atoms with van der Waals surface area (Å²) in [6.45, 7) is 9.87. The number of carbonyl (C=O) groups is 2. The second-order valence-electron chi connectivity index (χ2n) is 6.73. The molecule has 26 heavy (non-hydrogen) atoms. The summed E-state index contributed by atoms with van der Waals surface area (Å²) in [4.78, 5) is 25.1. The molecular formula is C17H25ClN6O2. The molecule has 1 unspecified atom stereocenters. The average Bonchev–Trinajstić information content (AvgIpc) is 3.06. The second-order valence-corrected chi connectivity index (χ2v) is 7.11. The molecule has 0 fully saturated rings. The standard InChI is InChI=1S/C17H25ClN6O2/c1-9(2)7-19-17(26)15-13(8-20-23(15)6)21-16(25)12(5)24-11(4)14(18)10(3)22-24/h8-9,12H,7H2,1-6H3,(H,19,26)(H,21,25). The van der Waals surface area contributed by atoms with Crippen LogP contribution in [0, 0.1) is 19.8 Å². The van der Waals surface area contributed by atoms with E-state index in [9.17, 15) is 9.59 Å². The lowest BCUT2D eigenvalue weighted by molar-refractivity contribution is -0.119. The smallest absolute Gasteiger partial charge is 0.271 e. The first kappa shape index (κ1) is 20.0. The summed E-state index contributed by atoms with van der Waals surface area (Å²) in [7, 11) is 1.66. The average molecular weight is 381 g/mol. The lowest BCUT2D eigenvalue weighted by Crippen LogP contribution is -2.31. The van der Waals surface area contributed by atoms with Gasteiger partial charge in [-0.25, -0.2) is 0 Å². The zero-order chi connectivity index (χ0) is 19.6. The van der Waals surface area contributed by atoms with Crippen molar-refractivity contribution in [2.45, 2.75) is 40.7 Å². The van der Waals surface area contributed by atoms with Gasteiger partial charge in [0.2, 0.25) is 5.91 Å². The number of nitrogens with zero attached hydrogens (tertiary/aromatic N) is 4. The zero-order valence-corrected chi connectivity index (χ0v) is 16.7. The molecule has 0 aliphatic carbocycles. The van der Waals surface area contributed by atoms with Gasteiger partial charge in [-0.2, -0.15) is 10.2 Å². The largest absolute Gasteiger partial charge is 0.350 e. The maximum atomic E-state index is 12.7. The van der Waals surface area contributed by atoms with Gasteiger partial charge in [-0.1, -0.05) is 25.4 Å². The van der Waals surface area contributed by atoms with Gasteiger partial charge >= 0.3 is 0 Å². The Morgan fingerprint density at radius 2 is 1.92 bits per heavy atom. The first-order chi connectivity index (χ1) is 12.1. The molecular weight excluding hydrogens is 356 g/mol. The molecule has 1 atom stereocenters. The molecule has 0 spiro atoms. The van der Waals surface area contributed by atoms with Gasteiger partial charge in [0.15, 0.2) is 0 Å². The highest BCUT2D eigenvalue weighted by atomic mass is 35.5. The fourth-order valence-electron chi connectivity index (χ4n) is 2.55. The second kappa shape index (κ2) is 7.90. The summed E-state index contributed by atoms with van der Waals surface area (Å²) in [6, 6.07) is -0.590. The van der Waals surface area contributed by atoms with Crippen molar-refractivity contribution >= 4 is 29.1 Å². The van der Waals surface area contributed by atoms with Crippen LogP contribution >= 0.6 is 11.6 Å². The van der Waals surface area contributed by atoms with Crippen molar-refractivity contribution in [1.29, 1.82) is 0 Å². The van der Waals surface area contributed by atoms with Gasteiger partial charge in [0.1, 0.15) is 11.7 Å². The predicted octanol–water partition coefficient (Wildman–Crippen LogP) is 2.47. The molecule has 142 valence electrons. The first-order valence-corrected chi connectivity index (χ1v) is 8.83. The lowest BCUT2D eigenvalue weighted by Gasteiger charge is -2.15. The number of halogens is 1. The van der Waals surface area contributed by atoms with Gasteiger partial charge in [0, 0.05) is 13.6 Å². The number of carbonyl (C=O) groups excluding carboxylic acids is 2.